The van der Waals surface area contributed by atoms with Crippen LogP contribution < -0.4 is 10.9 Å². The summed E-state index contributed by atoms with van der Waals surface area (Å²) in [6, 6.07) is 9.88. The molecule has 0 atom stereocenters. The van der Waals surface area contributed by atoms with Crippen LogP contribution in [-0.4, -0.2) is 22.6 Å². The highest BCUT2D eigenvalue weighted by Gasteiger charge is 2.02. The lowest BCUT2D eigenvalue weighted by Gasteiger charge is -2.10. The molecule has 108 valence electrons. The molecule has 1 N–H and O–H groups in total. The quantitative estimate of drug-likeness (QED) is 0.710. The SMILES string of the molecule is O=c1cnc2ccccc2n1CCNCCc1ccsc1. The highest BCUT2D eigenvalue weighted by molar-refractivity contribution is 7.07. The molecule has 0 saturated heterocycles. The molecule has 5 heteroatoms. The van der Waals surface area contributed by atoms with Gasteiger partial charge in [-0.15, -0.1) is 0 Å². The first-order valence-electron chi connectivity index (χ1n) is 7.01. The molecule has 1 aromatic carbocycles. The first-order valence-corrected chi connectivity index (χ1v) is 7.95. The Labute approximate surface area is 127 Å². The zero-order valence-electron chi connectivity index (χ0n) is 11.7. The maximum Gasteiger partial charge on any atom is 0.269 e. The molecule has 0 aliphatic rings. The van der Waals surface area contributed by atoms with Crippen molar-refractivity contribution >= 4 is 22.4 Å². The van der Waals surface area contributed by atoms with Gasteiger partial charge in [-0.1, -0.05) is 12.1 Å². The van der Waals surface area contributed by atoms with Crippen molar-refractivity contribution < 1.29 is 0 Å². The molecule has 0 spiro atoms. The zero-order valence-corrected chi connectivity index (χ0v) is 12.5. The van der Waals surface area contributed by atoms with Crippen LogP contribution in [0.15, 0.2) is 52.1 Å². The molecule has 21 heavy (non-hydrogen) atoms. The third-order valence-corrected chi connectivity index (χ3v) is 4.17. The molecular weight excluding hydrogens is 282 g/mol. The van der Waals surface area contributed by atoms with Gasteiger partial charge in [-0.05, 0) is 47.5 Å². The van der Waals surface area contributed by atoms with Gasteiger partial charge in [-0.2, -0.15) is 11.3 Å². The summed E-state index contributed by atoms with van der Waals surface area (Å²) >= 11 is 1.72. The zero-order chi connectivity index (χ0) is 14.5. The molecule has 2 aromatic heterocycles. The fraction of sp³-hybridized carbons (Fsp3) is 0.250. The molecule has 2 heterocycles. The molecule has 0 aliphatic heterocycles. The number of hydrogen-bond acceptors (Lipinski definition) is 4. The van der Waals surface area contributed by atoms with Crippen LogP contribution >= 0.6 is 11.3 Å². The second kappa shape index (κ2) is 6.65. The van der Waals surface area contributed by atoms with Crippen LogP contribution in [0.4, 0.5) is 0 Å². The lowest BCUT2D eigenvalue weighted by Crippen LogP contribution is -2.28. The van der Waals surface area contributed by atoms with Crippen LogP contribution in [0.25, 0.3) is 11.0 Å². The number of rotatable bonds is 6. The molecule has 4 nitrogen and oxygen atoms in total. The van der Waals surface area contributed by atoms with Crippen molar-refractivity contribution in [3.05, 3.63) is 63.2 Å². The minimum absolute atomic E-state index is 0.0478. The Morgan fingerprint density at radius 2 is 2.10 bits per heavy atom. The van der Waals surface area contributed by atoms with E-state index in [2.05, 4.69) is 27.1 Å². The van der Waals surface area contributed by atoms with E-state index in [0.717, 1.165) is 30.5 Å². The molecule has 0 unspecified atom stereocenters. The summed E-state index contributed by atoms with van der Waals surface area (Å²) in [6.07, 6.45) is 2.42. The number of benzene rings is 1. The van der Waals surface area contributed by atoms with E-state index in [-0.39, 0.29) is 5.56 Å². The summed E-state index contributed by atoms with van der Waals surface area (Å²) in [4.78, 5) is 16.1. The monoisotopic (exact) mass is 299 g/mol. The van der Waals surface area contributed by atoms with Crippen molar-refractivity contribution in [1.82, 2.24) is 14.9 Å². The van der Waals surface area contributed by atoms with E-state index in [1.807, 2.05) is 24.3 Å². The number of fused-ring (bicyclic) bond motifs is 1. The summed E-state index contributed by atoms with van der Waals surface area (Å²) in [7, 11) is 0. The third-order valence-electron chi connectivity index (χ3n) is 3.44. The van der Waals surface area contributed by atoms with E-state index in [4.69, 9.17) is 0 Å². The number of hydrogen-bond donors (Lipinski definition) is 1. The van der Waals surface area contributed by atoms with Gasteiger partial charge in [0.2, 0.25) is 0 Å². The standard InChI is InChI=1S/C16H17N3OS/c20-16-11-18-14-3-1-2-4-15(14)19(16)9-8-17-7-5-13-6-10-21-12-13/h1-4,6,10-12,17H,5,7-9H2. The van der Waals surface area contributed by atoms with Crippen LogP contribution in [-0.2, 0) is 13.0 Å². The van der Waals surface area contributed by atoms with Crippen molar-refractivity contribution in [3.63, 3.8) is 0 Å². The van der Waals surface area contributed by atoms with Gasteiger partial charge in [-0.25, -0.2) is 4.98 Å². The fourth-order valence-electron chi connectivity index (χ4n) is 2.33. The Morgan fingerprint density at radius 1 is 1.19 bits per heavy atom. The summed E-state index contributed by atoms with van der Waals surface area (Å²) in [5.41, 5.74) is 3.06. The molecule has 3 rings (SSSR count). The average Bonchev–Trinajstić information content (AvgIpc) is 3.02. The van der Waals surface area contributed by atoms with Crippen molar-refractivity contribution in [1.29, 1.82) is 0 Å². The van der Waals surface area contributed by atoms with Crippen LogP contribution in [0.5, 0.6) is 0 Å². The van der Waals surface area contributed by atoms with Gasteiger partial charge < -0.3 is 9.88 Å². The summed E-state index contributed by atoms with van der Waals surface area (Å²) in [6.45, 7) is 2.36. The summed E-state index contributed by atoms with van der Waals surface area (Å²) in [5, 5.41) is 7.65. The minimum atomic E-state index is -0.0478. The van der Waals surface area contributed by atoms with Gasteiger partial charge in [0, 0.05) is 13.1 Å². The van der Waals surface area contributed by atoms with Crippen LogP contribution in [0.3, 0.4) is 0 Å². The fourth-order valence-corrected chi connectivity index (χ4v) is 3.03. The van der Waals surface area contributed by atoms with E-state index in [1.165, 1.54) is 11.8 Å². The highest BCUT2D eigenvalue weighted by atomic mass is 32.1. The second-order valence-electron chi connectivity index (χ2n) is 4.87. The predicted molar refractivity (Wildman–Crippen MR) is 86.9 cm³/mol. The van der Waals surface area contributed by atoms with Crippen LogP contribution in [0.1, 0.15) is 5.56 Å². The van der Waals surface area contributed by atoms with Gasteiger partial charge in [-0.3, -0.25) is 4.79 Å². The van der Waals surface area contributed by atoms with Crippen LogP contribution in [0, 0.1) is 0 Å². The van der Waals surface area contributed by atoms with E-state index in [1.54, 1.807) is 15.9 Å². The number of nitrogens with zero attached hydrogens (tertiary/aromatic N) is 2. The van der Waals surface area contributed by atoms with Crippen molar-refractivity contribution in [2.75, 3.05) is 13.1 Å². The number of nitrogens with one attached hydrogen (secondary N) is 1. The maximum absolute atomic E-state index is 12.0. The molecule has 0 fully saturated rings. The molecular formula is C16H17N3OS. The Bertz CT molecular complexity index is 765. The van der Waals surface area contributed by atoms with E-state index >= 15 is 0 Å². The second-order valence-corrected chi connectivity index (χ2v) is 5.65. The minimum Gasteiger partial charge on any atom is -0.315 e. The first kappa shape index (κ1) is 14.0. The maximum atomic E-state index is 12.0. The lowest BCUT2D eigenvalue weighted by atomic mass is 10.2. The summed E-state index contributed by atoms with van der Waals surface area (Å²) < 4.78 is 1.78. The smallest absolute Gasteiger partial charge is 0.269 e. The van der Waals surface area contributed by atoms with Crippen LogP contribution in [0.2, 0.25) is 0 Å². The Hall–Kier alpha value is -1.98. The molecule has 0 bridgehead atoms. The van der Waals surface area contributed by atoms with Gasteiger partial charge in [0.25, 0.3) is 5.56 Å². The van der Waals surface area contributed by atoms with Gasteiger partial charge in [0.05, 0.1) is 17.2 Å². The molecule has 0 radical (unpaired) electrons. The van der Waals surface area contributed by atoms with Gasteiger partial charge in [0.15, 0.2) is 0 Å². The summed E-state index contributed by atoms with van der Waals surface area (Å²) in [5.74, 6) is 0. The van der Waals surface area contributed by atoms with Crippen molar-refractivity contribution in [3.8, 4) is 0 Å². The molecule has 3 aromatic rings. The van der Waals surface area contributed by atoms with E-state index < -0.39 is 0 Å². The molecule has 0 amide bonds. The normalized spacial score (nSPS) is 11.0. The Balaban J connectivity index is 1.60. The van der Waals surface area contributed by atoms with E-state index in [0.29, 0.717) is 6.54 Å². The Morgan fingerprint density at radius 3 is 2.95 bits per heavy atom. The highest BCUT2D eigenvalue weighted by Crippen LogP contribution is 2.08. The number of para-hydroxylation sites is 2. The molecule has 0 aliphatic carbocycles. The number of aromatic nitrogens is 2. The van der Waals surface area contributed by atoms with Gasteiger partial charge in [0.1, 0.15) is 0 Å². The van der Waals surface area contributed by atoms with E-state index in [9.17, 15) is 4.79 Å². The van der Waals surface area contributed by atoms with Crippen molar-refractivity contribution in [2.24, 2.45) is 0 Å². The number of thiophene rings is 1. The lowest BCUT2D eigenvalue weighted by molar-refractivity contribution is 0.597. The Kier molecular flexibility index (Phi) is 4.43. The largest absolute Gasteiger partial charge is 0.315 e. The predicted octanol–water partition coefficient (Wildman–Crippen LogP) is 2.29. The topological polar surface area (TPSA) is 46.9 Å². The molecule has 0 saturated carbocycles. The average molecular weight is 299 g/mol. The van der Waals surface area contributed by atoms with Gasteiger partial charge >= 0.3 is 0 Å². The third kappa shape index (κ3) is 3.37. The van der Waals surface area contributed by atoms with Crippen molar-refractivity contribution in [2.45, 2.75) is 13.0 Å². The first-order chi connectivity index (χ1) is 10.3.